The molecule has 0 radical (unpaired) electrons. The van der Waals surface area contributed by atoms with Crippen molar-refractivity contribution in [1.82, 2.24) is 5.06 Å². The molecule has 0 spiro atoms. The van der Waals surface area contributed by atoms with E-state index in [1.165, 1.54) is 32.1 Å². The fraction of sp³-hybridized carbons (Fsp3) is 0.950. The first-order valence-corrected chi connectivity index (χ1v) is 10.0. The maximum Gasteiger partial charge on any atom is 0.309 e. The summed E-state index contributed by atoms with van der Waals surface area (Å²) in [5.74, 6) is 0.887. The van der Waals surface area contributed by atoms with E-state index in [0.717, 1.165) is 38.3 Å². The van der Waals surface area contributed by atoms with Crippen molar-refractivity contribution in [1.29, 1.82) is 0 Å². The lowest BCUT2D eigenvalue weighted by atomic mass is 9.69. The van der Waals surface area contributed by atoms with E-state index in [1.54, 1.807) is 0 Å². The Morgan fingerprint density at radius 2 is 1.67 bits per heavy atom. The SMILES string of the molecule is CCCOC(=O)C1CCN(OC2CCC(C(C)(C)CC)CC2)CC1. The lowest BCUT2D eigenvalue weighted by Gasteiger charge is -2.40. The van der Waals surface area contributed by atoms with Gasteiger partial charge in [-0.2, -0.15) is 5.06 Å². The Labute approximate surface area is 148 Å². The van der Waals surface area contributed by atoms with Crippen molar-refractivity contribution in [2.24, 2.45) is 17.3 Å². The predicted octanol–water partition coefficient (Wildman–Crippen LogP) is 4.58. The van der Waals surface area contributed by atoms with Crippen molar-refractivity contribution < 1.29 is 14.4 Å². The first-order valence-electron chi connectivity index (χ1n) is 10.0. The van der Waals surface area contributed by atoms with E-state index >= 15 is 0 Å². The molecule has 1 aliphatic carbocycles. The molecule has 2 rings (SSSR count). The number of nitrogens with zero attached hydrogens (tertiary/aromatic N) is 1. The van der Waals surface area contributed by atoms with Gasteiger partial charge < -0.3 is 4.74 Å². The molecule has 2 fully saturated rings. The Morgan fingerprint density at radius 3 is 2.21 bits per heavy atom. The zero-order valence-electron chi connectivity index (χ0n) is 16.2. The lowest BCUT2D eigenvalue weighted by molar-refractivity contribution is -0.221. The first-order chi connectivity index (χ1) is 11.5. The maximum atomic E-state index is 11.9. The van der Waals surface area contributed by atoms with Crippen LogP contribution in [-0.4, -0.2) is 36.8 Å². The Hall–Kier alpha value is -0.610. The molecule has 0 atom stereocenters. The number of esters is 1. The van der Waals surface area contributed by atoms with E-state index in [2.05, 4.69) is 25.8 Å². The van der Waals surface area contributed by atoms with E-state index in [1.807, 2.05) is 6.92 Å². The Bertz CT molecular complexity index is 380. The van der Waals surface area contributed by atoms with E-state index in [4.69, 9.17) is 9.57 Å². The number of carbonyl (C=O) groups excluding carboxylic acids is 1. The van der Waals surface area contributed by atoms with Gasteiger partial charge in [0.2, 0.25) is 0 Å². The second-order valence-corrected chi connectivity index (χ2v) is 8.29. The summed E-state index contributed by atoms with van der Waals surface area (Å²) in [5.41, 5.74) is 0.460. The van der Waals surface area contributed by atoms with Crippen LogP contribution in [-0.2, 0) is 14.4 Å². The first kappa shape index (κ1) is 19.7. The summed E-state index contributed by atoms with van der Waals surface area (Å²) >= 11 is 0. The van der Waals surface area contributed by atoms with E-state index in [0.29, 0.717) is 18.1 Å². The van der Waals surface area contributed by atoms with Crippen molar-refractivity contribution in [3.63, 3.8) is 0 Å². The zero-order chi connectivity index (χ0) is 17.6. The summed E-state index contributed by atoms with van der Waals surface area (Å²) in [4.78, 5) is 18.1. The van der Waals surface area contributed by atoms with Gasteiger partial charge in [0.05, 0.1) is 18.6 Å². The molecule has 0 aromatic rings. The quantitative estimate of drug-likeness (QED) is 0.637. The van der Waals surface area contributed by atoms with Crippen LogP contribution in [0.15, 0.2) is 0 Å². The van der Waals surface area contributed by atoms with Crippen molar-refractivity contribution in [3.8, 4) is 0 Å². The minimum atomic E-state index is -0.0150. The number of hydrogen-bond acceptors (Lipinski definition) is 4. The molecule has 0 aromatic carbocycles. The molecule has 24 heavy (non-hydrogen) atoms. The largest absolute Gasteiger partial charge is 0.465 e. The van der Waals surface area contributed by atoms with Gasteiger partial charge in [0.1, 0.15) is 0 Å². The molecule has 0 bridgehead atoms. The van der Waals surface area contributed by atoms with Gasteiger partial charge in [-0.05, 0) is 56.3 Å². The van der Waals surface area contributed by atoms with Crippen molar-refractivity contribution in [2.75, 3.05) is 19.7 Å². The average Bonchev–Trinajstić information content (AvgIpc) is 2.60. The summed E-state index contributed by atoms with van der Waals surface area (Å²) in [5, 5.41) is 2.10. The molecule has 2 aliphatic rings. The van der Waals surface area contributed by atoms with Crippen molar-refractivity contribution >= 4 is 5.97 Å². The number of rotatable bonds is 7. The summed E-state index contributed by atoms with van der Waals surface area (Å²) in [6, 6.07) is 0. The second-order valence-electron chi connectivity index (χ2n) is 8.29. The molecular formula is C20H37NO3. The van der Waals surface area contributed by atoms with Gasteiger partial charge in [-0.25, -0.2) is 0 Å². The van der Waals surface area contributed by atoms with Gasteiger partial charge in [0, 0.05) is 13.1 Å². The van der Waals surface area contributed by atoms with Crippen LogP contribution in [0.2, 0.25) is 0 Å². The molecular weight excluding hydrogens is 302 g/mol. The molecule has 4 heteroatoms. The van der Waals surface area contributed by atoms with Crippen LogP contribution in [0, 0.1) is 17.3 Å². The standard InChI is InChI=1S/C20H37NO3/c1-5-15-23-19(22)16-11-13-21(14-12-16)24-18-9-7-17(8-10-18)20(3,4)6-2/h16-18H,5-15H2,1-4H3. The molecule has 4 nitrogen and oxygen atoms in total. The molecule has 0 aromatic heterocycles. The van der Waals surface area contributed by atoms with E-state index in [9.17, 15) is 4.79 Å². The Kier molecular flexibility index (Phi) is 7.55. The zero-order valence-corrected chi connectivity index (χ0v) is 16.2. The monoisotopic (exact) mass is 339 g/mol. The molecule has 0 unspecified atom stereocenters. The van der Waals surface area contributed by atoms with Crippen LogP contribution in [0.5, 0.6) is 0 Å². The third-order valence-corrected chi connectivity index (χ3v) is 6.22. The number of ether oxygens (including phenoxy) is 1. The second kappa shape index (κ2) is 9.19. The lowest BCUT2D eigenvalue weighted by Crippen LogP contribution is -2.40. The van der Waals surface area contributed by atoms with Gasteiger partial charge in [0.25, 0.3) is 0 Å². The van der Waals surface area contributed by atoms with Gasteiger partial charge in [-0.15, -0.1) is 0 Å². The van der Waals surface area contributed by atoms with Crippen LogP contribution in [0.4, 0.5) is 0 Å². The molecule has 0 N–H and O–H groups in total. The average molecular weight is 340 g/mol. The molecule has 0 amide bonds. The minimum Gasteiger partial charge on any atom is -0.465 e. The van der Waals surface area contributed by atoms with Crippen LogP contribution in [0.3, 0.4) is 0 Å². The fourth-order valence-electron chi connectivity index (χ4n) is 3.97. The van der Waals surface area contributed by atoms with Crippen molar-refractivity contribution in [2.45, 2.75) is 85.2 Å². The molecule has 1 saturated heterocycles. The molecule has 140 valence electrons. The maximum absolute atomic E-state index is 11.9. The van der Waals surface area contributed by atoms with Crippen LogP contribution >= 0.6 is 0 Å². The van der Waals surface area contributed by atoms with Crippen LogP contribution in [0.1, 0.15) is 79.1 Å². The smallest absolute Gasteiger partial charge is 0.309 e. The highest BCUT2D eigenvalue weighted by Gasteiger charge is 2.34. The molecule has 1 heterocycles. The van der Waals surface area contributed by atoms with E-state index in [-0.39, 0.29) is 11.9 Å². The Balaban J connectivity index is 1.67. The van der Waals surface area contributed by atoms with Gasteiger partial charge in [-0.3, -0.25) is 9.63 Å². The molecule has 1 aliphatic heterocycles. The Morgan fingerprint density at radius 1 is 1.04 bits per heavy atom. The highest BCUT2D eigenvalue weighted by molar-refractivity contribution is 5.72. The van der Waals surface area contributed by atoms with Crippen LogP contribution in [0.25, 0.3) is 0 Å². The highest BCUT2D eigenvalue weighted by Crippen LogP contribution is 2.41. The van der Waals surface area contributed by atoms with Crippen molar-refractivity contribution in [3.05, 3.63) is 0 Å². The van der Waals surface area contributed by atoms with E-state index < -0.39 is 0 Å². The number of hydrogen-bond donors (Lipinski definition) is 0. The van der Waals surface area contributed by atoms with Gasteiger partial charge >= 0.3 is 5.97 Å². The normalized spacial score (nSPS) is 27.2. The fourth-order valence-corrected chi connectivity index (χ4v) is 3.97. The summed E-state index contributed by atoms with van der Waals surface area (Å²) in [6.45, 7) is 11.4. The predicted molar refractivity (Wildman–Crippen MR) is 96.5 cm³/mol. The summed E-state index contributed by atoms with van der Waals surface area (Å²) < 4.78 is 5.27. The minimum absolute atomic E-state index is 0.0150. The third-order valence-electron chi connectivity index (χ3n) is 6.22. The highest BCUT2D eigenvalue weighted by atomic mass is 16.7. The number of hydroxylamine groups is 2. The van der Waals surface area contributed by atoms with Crippen LogP contribution < -0.4 is 0 Å². The van der Waals surface area contributed by atoms with Gasteiger partial charge in [0.15, 0.2) is 0 Å². The summed E-state index contributed by atoms with van der Waals surface area (Å²) in [7, 11) is 0. The summed E-state index contributed by atoms with van der Waals surface area (Å²) in [6.07, 6.45) is 9.16. The number of piperidine rings is 1. The third kappa shape index (κ3) is 5.45. The molecule has 1 saturated carbocycles. The van der Waals surface area contributed by atoms with Gasteiger partial charge in [-0.1, -0.05) is 34.1 Å². The topological polar surface area (TPSA) is 38.8 Å². The number of carbonyl (C=O) groups is 1.